The van der Waals surface area contributed by atoms with E-state index in [-0.39, 0.29) is 5.56 Å². The molecule has 0 aromatic heterocycles. The zero-order chi connectivity index (χ0) is 17.1. The van der Waals surface area contributed by atoms with Crippen LogP contribution in [0.25, 0.3) is 12.2 Å². The molecule has 0 bridgehead atoms. The van der Waals surface area contributed by atoms with Crippen LogP contribution in [0.2, 0.25) is 0 Å². The number of benzene rings is 2. The molecule has 0 atom stereocenters. The lowest BCUT2D eigenvalue weighted by Crippen LogP contribution is -2.09. The summed E-state index contributed by atoms with van der Waals surface area (Å²) in [5, 5.41) is 2.11. The van der Waals surface area contributed by atoms with E-state index in [0.717, 1.165) is 22.4 Å². The molecule has 0 saturated heterocycles. The van der Waals surface area contributed by atoms with Gasteiger partial charge >= 0.3 is 0 Å². The van der Waals surface area contributed by atoms with Crippen LogP contribution < -0.4 is 10.4 Å². The topological polar surface area (TPSA) is 0 Å². The Balaban J connectivity index is 1.86. The minimum Gasteiger partial charge on any atom is -0.206 e. The van der Waals surface area contributed by atoms with Crippen molar-refractivity contribution in [3.63, 3.8) is 0 Å². The second-order valence-electron chi connectivity index (χ2n) is 5.77. The molecule has 0 heterocycles. The van der Waals surface area contributed by atoms with Gasteiger partial charge in [-0.15, -0.1) is 0 Å². The fourth-order valence-corrected chi connectivity index (χ4v) is 2.53. The van der Waals surface area contributed by atoms with Crippen LogP contribution in [0.5, 0.6) is 0 Å². The average molecular weight is 318 g/mol. The van der Waals surface area contributed by atoms with Gasteiger partial charge in [0.2, 0.25) is 0 Å². The molecular formula is C22H16F2. The zero-order valence-corrected chi connectivity index (χ0v) is 13.4. The Morgan fingerprint density at radius 2 is 1.62 bits per heavy atom. The Morgan fingerprint density at radius 3 is 2.21 bits per heavy atom. The van der Waals surface area contributed by atoms with Crippen LogP contribution in [-0.2, 0) is 0 Å². The minimum atomic E-state index is -0.624. The maximum Gasteiger partial charge on any atom is 0.142 e. The molecule has 2 heteroatoms. The van der Waals surface area contributed by atoms with Crippen LogP contribution in [0.3, 0.4) is 0 Å². The second-order valence-corrected chi connectivity index (χ2v) is 5.77. The van der Waals surface area contributed by atoms with Crippen molar-refractivity contribution >= 4 is 12.2 Å². The summed E-state index contributed by atoms with van der Waals surface area (Å²) in [6.07, 6.45) is 6.55. The quantitative estimate of drug-likeness (QED) is 0.649. The fourth-order valence-electron chi connectivity index (χ4n) is 2.53. The largest absolute Gasteiger partial charge is 0.206 e. The number of hydrogen-bond donors (Lipinski definition) is 0. The van der Waals surface area contributed by atoms with E-state index in [2.05, 4.69) is 18.4 Å². The van der Waals surface area contributed by atoms with Crippen molar-refractivity contribution in [1.82, 2.24) is 0 Å². The van der Waals surface area contributed by atoms with Gasteiger partial charge < -0.3 is 0 Å². The smallest absolute Gasteiger partial charge is 0.142 e. The van der Waals surface area contributed by atoms with E-state index in [1.54, 1.807) is 6.92 Å². The lowest BCUT2D eigenvalue weighted by atomic mass is 10.00. The van der Waals surface area contributed by atoms with Gasteiger partial charge in [-0.1, -0.05) is 54.8 Å². The molecule has 2 aromatic rings. The maximum absolute atomic E-state index is 13.8. The standard InChI is InChI=1S/C22H16F2/c1-15-3-8-18(9-4-15)19-10-5-17(6-11-19)7-12-20-21(23)13-16(2)14-22(20)24/h3-6,8-10,13-14H,1,11H2,2H3. The SMILES string of the molecule is C=c1ccc(=C2C=CC(C#Cc3c(F)cc(C)cc3F)=CC2)cc1. The van der Waals surface area contributed by atoms with Crippen LogP contribution >= 0.6 is 0 Å². The predicted molar refractivity (Wildman–Crippen MR) is 94.4 cm³/mol. The van der Waals surface area contributed by atoms with Crippen LogP contribution in [-0.4, -0.2) is 0 Å². The molecule has 0 saturated carbocycles. The van der Waals surface area contributed by atoms with Gasteiger partial charge in [0, 0.05) is 5.57 Å². The first-order chi connectivity index (χ1) is 11.5. The summed E-state index contributed by atoms with van der Waals surface area (Å²) in [6.45, 7) is 5.52. The van der Waals surface area contributed by atoms with E-state index in [1.165, 1.54) is 17.7 Å². The molecule has 2 aromatic carbocycles. The lowest BCUT2D eigenvalue weighted by molar-refractivity contribution is 0.575. The molecule has 0 nitrogen and oxygen atoms in total. The van der Waals surface area contributed by atoms with Gasteiger partial charge in [-0.05, 0) is 53.1 Å². The van der Waals surface area contributed by atoms with Crippen LogP contribution in [0.4, 0.5) is 8.78 Å². The Hall–Kier alpha value is -2.92. The van der Waals surface area contributed by atoms with Gasteiger partial charge in [-0.25, -0.2) is 8.78 Å². The normalized spacial score (nSPS) is 13.3. The summed E-state index contributed by atoms with van der Waals surface area (Å²) in [5.74, 6) is 4.20. The third-order valence-corrected chi connectivity index (χ3v) is 3.85. The maximum atomic E-state index is 13.8. The van der Waals surface area contributed by atoms with E-state index in [0.29, 0.717) is 5.56 Å². The Morgan fingerprint density at radius 1 is 0.958 bits per heavy atom. The first-order valence-electron chi connectivity index (χ1n) is 7.67. The number of halogens is 2. The van der Waals surface area contributed by atoms with Crippen molar-refractivity contribution in [2.45, 2.75) is 13.3 Å². The number of allylic oxidation sites excluding steroid dienone is 4. The van der Waals surface area contributed by atoms with E-state index in [9.17, 15) is 8.78 Å². The molecule has 0 amide bonds. The van der Waals surface area contributed by atoms with Gasteiger partial charge in [-0.2, -0.15) is 0 Å². The van der Waals surface area contributed by atoms with Crippen molar-refractivity contribution in [2.24, 2.45) is 0 Å². The summed E-state index contributed by atoms with van der Waals surface area (Å²) < 4.78 is 27.6. The van der Waals surface area contributed by atoms with E-state index < -0.39 is 11.6 Å². The van der Waals surface area contributed by atoms with Crippen LogP contribution in [0, 0.1) is 30.4 Å². The summed E-state index contributed by atoms with van der Waals surface area (Å²) in [5.41, 5.74) is 2.29. The summed E-state index contributed by atoms with van der Waals surface area (Å²) in [6, 6.07) is 10.6. The van der Waals surface area contributed by atoms with Crippen LogP contribution in [0.1, 0.15) is 17.5 Å². The van der Waals surface area contributed by atoms with Gasteiger partial charge in [0.05, 0.1) is 5.56 Å². The number of rotatable bonds is 0. The molecule has 0 aliphatic heterocycles. The highest BCUT2D eigenvalue weighted by Crippen LogP contribution is 2.17. The molecule has 24 heavy (non-hydrogen) atoms. The summed E-state index contributed by atoms with van der Waals surface area (Å²) >= 11 is 0. The van der Waals surface area contributed by atoms with Gasteiger partial charge in [0.1, 0.15) is 11.6 Å². The monoisotopic (exact) mass is 318 g/mol. The van der Waals surface area contributed by atoms with Crippen molar-refractivity contribution < 1.29 is 8.78 Å². The molecule has 0 N–H and O–H groups in total. The van der Waals surface area contributed by atoms with Crippen molar-refractivity contribution in [3.05, 3.63) is 93.4 Å². The van der Waals surface area contributed by atoms with Crippen molar-refractivity contribution in [2.75, 3.05) is 0 Å². The molecule has 3 rings (SSSR count). The Labute approximate surface area is 140 Å². The lowest BCUT2D eigenvalue weighted by Gasteiger charge is -2.05. The average Bonchev–Trinajstić information content (AvgIpc) is 2.55. The predicted octanol–water partition coefficient (Wildman–Crippen LogP) is 3.77. The van der Waals surface area contributed by atoms with Gasteiger partial charge in [-0.3, -0.25) is 0 Å². The summed E-state index contributed by atoms with van der Waals surface area (Å²) in [4.78, 5) is 0. The van der Waals surface area contributed by atoms with E-state index in [1.807, 2.05) is 42.5 Å². The second kappa shape index (κ2) is 6.68. The fraction of sp³-hybridized carbons (Fsp3) is 0.0909. The van der Waals surface area contributed by atoms with E-state index >= 15 is 0 Å². The Bertz CT molecular complexity index is 981. The molecule has 0 spiro atoms. The van der Waals surface area contributed by atoms with Crippen LogP contribution in [0.15, 0.2) is 60.2 Å². The zero-order valence-electron chi connectivity index (χ0n) is 13.4. The molecule has 1 aliphatic carbocycles. The molecule has 0 fully saturated rings. The van der Waals surface area contributed by atoms with E-state index in [4.69, 9.17) is 0 Å². The minimum absolute atomic E-state index is 0.185. The van der Waals surface area contributed by atoms with Crippen molar-refractivity contribution in [1.29, 1.82) is 0 Å². The number of hydrogen-bond acceptors (Lipinski definition) is 0. The Kier molecular flexibility index (Phi) is 4.44. The highest BCUT2D eigenvalue weighted by atomic mass is 19.1. The molecule has 0 radical (unpaired) electrons. The third-order valence-electron chi connectivity index (χ3n) is 3.85. The number of aryl methyl sites for hydroxylation is 1. The summed E-state index contributed by atoms with van der Waals surface area (Å²) in [7, 11) is 0. The molecule has 118 valence electrons. The first-order valence-corrected chi connectivity index (χ1v) is 7.67. The highest BCUT2D eigenvalue weighted by molar-refractivity contribution is 5.65. The van der Waals surface area contributed by atoms with Gasteiger partial charge in [0.15, 0.2) is 0 Å². The molecular weight excluding hydrogens is 302 g/mol. The van der Waals surface area contributed by atoms with Gasteiger partial charge in [0.25, 0.3) is 0 Å². The van der Waals surface area contributed by atoms with Crippen molar-refractivity contribution in [3.8, 4) is 11.8 Å². The highest BCUT2D eigenvalue weighted by Gasteiger charge is 2.07. The molecule has 1 aliphatic rings. The third kappa shape index (κ3) is 3.52. The first kappa shape index (κ1) is 16.0. The molecule has 0 unspecified atom stereocenters.